The zero-order chi connectivity index (χ0) is 23.4. The molecule has 0 aliphatic carbocycles. The van der Waals surface area contributed by atoms with Gasteiger partial charge in [0.15, 0.2) is 0 Å². The average Bonchev–Trinajstić information content (AvgIpc) is 3.01. The summed E-state index contributed by atoms with van der Waals surface area (Å²) in [4.78, 5) is 12.1. The third kappa shape index (κ3) is 4.00. The largest absolute Gasteiger partial charge is 0.485 e. The van der Waals surface area contributed by atoms with Crippen molar-refractivity contribution >= 4 is 5.69 Å². The van der Waals surface area contributed by atoms with Gasteiger partial charge in [-0.15, -0.1) is 5.23 Å². The Morgan fingerprint density at radius 2 is 1.58 bits per heavy atom. The average molecular weight is 448 g/mol. The van der Waals surface area contributed by atoms with E-state index in [1.807, 2.05) is 77.1 Å². The SMILES string of the molecule is Cc1ccc(F)c(-c2ccc(C3CCc4ccc(N5OC(C)(C)C(C)(C)O5)cc4O3)cc2)c1. The molecule has 3 aromatic carbocycles. The molecule has 172 valence electrons. The molecule has 0 radical (unpaired) electrons. The lowest BCUT2D eigenvalue weighted by molar-refractivity contribution is -0.0274. The van der Waals surface area contributed by atoms with Gasteiger partial charge in [-0.3, -0.25) is 0 Å². The van der Waals surface area contributed by atoms with Crippen LogP contribution in [0.2, 0.25) is 0 Å². The molecule has 0 saturated carbocycles. The Morgan fingerprint density at radius 1 is 0.879 bits per heavy atom. The Balaban J connectivity index is 1.36. The van der Waals surface area contributed by atoms with Gasteiger partial charge in [-0.25, -0.2) is 14.1 Å². The Labute approximate surface area is 194 Å². The second-order valence-electron chi connectivity index (χ2n) is 10.0. The Morgan fingerprint density at radius 3 is 2.27 bits per heavy atom. The van der Waals surface area contributed by atoms with Crippen molar-refractivity contribution in [2.75, 3.05) is 5.23 Å². The van der Waals surface area contributed by atoms with Crippen molar-refractivity contribution < 1.29 is 18.8 Å². The molecular weight excluding hydrogens is 417 g/mol. The molecule has 3 aromatic rings. The van der Waals surface area contributed by atoms with E-state index in [0.717, 1.165) is 41.0 Å². The first kappa shape index (κ1) is 21.9. The zero-order valence-corrected chi connectivity index (χ0v) is 19.8. The van der Waals surface area contributed by atoms with Crippen LogP contribution in [0.1, 0.15) is 56.9 Å². The predicted octanol–water partition coefficient (Wildman–Crippen LogP) is 7.11. The zero-order valence-electron chi connectivity index (χ0n) is 19.8. The van der Waals surface area contributed by atoms with Crippen LogP contribution in [-0.2, 0) is 16.1 Å². The first-order valence-electron chi connectivity index (χ1n) is 11.5. The predicted molar refractivity (Wildman–Crippen MR) is 128 cm³/mol. The van der Waals surface area contributed by atoms with Gasteiger partial charge in [0.1, 0.15) is 28.9 Å². The smallest absolute Gasteiger partial charge is 0.131 e. The molecule has 0 bridgehead atoms. The molecule has 2 aliphatic heterocycles. The molecule has 5 heteroatoms. The number of halogens is 1. The number of fused-ring (bicyclic) bond motifs is 1. The van der Waals surface area contributed by atoms with Crippen molar-refractivity contribution in [1.29, 1.82) is 0 Å². The molecule has 0 spiro atoms. The molecule has 2 heterocycles. The van der Waals surface area contributed by atoms with E-state index >= 15 is 0 Å². The maximum atomic E-state index is 14.3. The van der Waals surface area contributed by atoms with Gasteiger partial charge in [-0.1, -0.05) is 42.0 Å². The van der Waals surface area contributed by atoms with E-state index in [-0.39, 0.29) is 11.9 Å². The Hall–Kier alpha value is -2.89. The van der Waals surface area contributed by atoms with E-state index in [4.69, 9.17) is 14.4 Å². The molecule has 5 rings (SSSR count). The molecule has 2 aliphatic rings. The van der Waals surface area contributed by atoms with Crippen LogP contribution in [0.4, 0.5) is 10.1 Å². The van der Waals surface area contributed by atoms with E-state index in [0.29, 0.717) is 5.56 Å². The van der Waals surface area contributed by atoms with Crippen molar-refractivity contribution in [3.05, 3.63) is 83.2 Å². The second-order valence-corrected chi connectivity index (χ2v) is 10.0. The summed E-state index contributed by atoms with van der Waals surface area (Å²) in [5.74, 6) is 0.633. The summed E-state index contributed by atoms with van der Waals surface area (Å²) in [7, 11) is 0. The van der Waals surface area contributed by atoms with E-state index < -0.39 is 11.2 Å². The number of hydrogen-bond donors (Lipinski definition) is 0. The van der Waals surface area contributed by atoms with Crippen molar-refractivity contribution in [3.8, 4) is 16.9 Å². The number of nitrogens with zero attached hydrogens (tertiary/aromatic N) is 1. The van der Waals surface area contributed by atoms with E-state index in [2.05, 4.69) is 6.07 Å². The van der Waals surface area contributed by atoms with Crippen LogP contribution in [0.3, 0.4) is 0 Å². The van der Waals surface area contributed by atoms with E-state index in [1.54, 1.807) is 6.07 Å². The van der Waals surface area contributed by atoms with Gasteiger partial charge in [0, 0.05) is 11.6 Å². The van der Waals surface area contributed by atoms with Crippen LogP contribution in [0, 0.1) is 12.7 Å². The van der Waals surface area contributed by atoms with Gasteiger partial charge in [0.2, 0.25) is 0 Å². The van der Waals surface area contributed by atoms with Gasteiger partial charge < -0.3 is 4.74 Å². The molecule has 1 saturated heterocycles. The summed E-state index contributed by atoms with van der Waals surface area (Å²) in [5, 5.41) is 1.50. The molecule has 33 heavy (non-hydrogen) atoms. The van der Waals surface area contributed by atoms with Gasteiger partial charge >= 0.3 is 0 Å². The molecule has 1 fully saturated rings. The van der Waals surface area contributed by atoms with Gasteiger partial charge in [0.25, 0.3) is 0 Å². The summed E-state index contributed by atoms with van der Waals surface area (Å²) < 4.78 is 20.7. The van der Waals surface area contributed by atoms with Crippen LogP contribution in [0.5, 0.6) is 5.75 Å². The van der Waals surface area contributed by atoms with Crippen molar-refractivity contribution in [2.45, 2.75) is 64.8 Å². The van der Waals surface area contributed by atoms with Crippen LogP contribution < -0.4 is 9.96 Å². The van der Waals surface area contributed by atoms with Gasteiger partial charge in [0.05, 0.1) is 5.69 Å². The van der Waals surface area contributed by atoms with Crippen molar-refractivity contribution in [3.63, 3.8) is 0 Å². The fourth-order valence-electron chi connectivity index (χ4n) is 4.20. The number of benzene rings is 3. The first-order chi connectivity index (χ1) is 15.6. The highest BCUT2D eigenvalue weighted by molar-refractivity contribution is 5.65. The summed E-state index contributed by atoms with van der Waals surface area (Å²) in [6.45, 7) is 10.0. The highest BCUT2D eigenvalue weighted by Gasteiger charge is 2.50. The minimum atomic E-state index is -0.454. The normalized spacial score (nSPS) is 20.9. The van der Waals surface area contributed by atoms with Crippen LogP contribution in [0.25, 0.3) is 11.1 Å². The third-order valence-corrected chi connectivity index (χ3v) is 6.99. The lowest BCUT2D eigenvalue weighted by atomic mass is 9.90. The summed E-state index contributed by atoms with van der Waals surface area (Å²) in [6.07, 6.45) is 1.76. The molecular formula is C28H30FNO3. The van der Waals surface area contributed by atoms with Crippen LogP contribution in [-0.4, -0.2) is 11.2 Å². The van der Waals surface area contributed by atoms with Crippen molar-refractivity contribution in [1.82, 2.24) is 0 Å². The maximum absolute atomic E-state index is 14.3. The van der Waals surface area contributed by atoms with Crippen LogP contribution >= 0.6 is 0 Å². The highest BCUT2D eigenvalue weighted by atomic mass is 19.1. The standard InChI is InChI=1S/C28H30FNO3/c1-18-6-14-24(29)23(16-18)19-7-9-20(10-8-19)25-15-12-21-11-13-22(17-26(21)31-25)30-32-27(2,3)28(4,5)33-30/h6-11,13-14,16-17,25H,12,15H2,1-5H3. The van der Waals surface area contributed by atoms with Gasteiger partial charge in [-0.2, -0.15) is 0 Å². The van der Waals surface area contributed by atoms with Crippen molar-refractivity contribution in [2.24, 2.45) is 0 Å². The maximum Gasteiger partial charge on any atom is 0.131 e. The van der Waals surface area contributed by atoms with Crippen LogP contribution in [0.15, 0.2) is 60.7 Å². The fourth-order valence-corrected chi connectivity index (χ4v) is 4.20. The molecule has 4 nitrogen and oxygen atoms in total. The van der Waals surface area contributed by atoms with E-state index in [1.165, 1.54) is 16.9 Å². The second kappa shape index (κ2) is 7.86. The lowest BCUT2D eigenvalue weighted by Crippen LogP contribution is -2.41. The molecule has 0 N–H and O–H groups in total. The third-order valence-electron chi connectivity index (χ3n) is 6.99. The number of anilines is 1. The lowest BCUT2D eigenvalue weighted by Gasteiger charge is -2.28. The highest BCUT2D eigenvalue weighted by Crippen LogP contribution is 2.43. The fraction of sp³-hybridized carbons (Fsp3) is 0.357. The Bertz CT molecular complexity index is 1170. The number of rotatable bonds is 3. The number of ether oxygens (including phenoxy) is 1. The topological polar surface area (TPSA) is 30.9 Å². The monoisotopic (exact) mass is 447 g/mol. The first-order valence-corrected chi connectivity index (χ1v) is 11.5. The summed E-state index contributed by atoms with van der Waals surface area (Å²) in [6, 6.07) is 19.3. The van der Waals surface area contributed by atoms with E-state index in [9.17, 15) is 4.39 Å². The summed E-state index contributed by atoms with van der Waals surface area (Å²) in [5.41, 5.74) is 4.68. The quantitative estimate of drug-likeness (QED) is 0.428. The molecule has 0 aromatic heterocycles. The number of hydrogen-bond acceptors (Lipinski definition) is 4. The molecule has 0 amide bonds. The molecule has 1 atom stereocenters. The number of aryl methyl sites for hydroxylation is 2. The Kier molecular flexibility index (Phi) is 5.22. The minimum absolute atomic E-state index is 0.0579. The minimum Gasteiger partial charge on any atom is -0.485 e. The summed E-state index contributed by atoms with van der Waals surface area (Å²) >= 11 is 0. The van der Waals surface area contributed by atoms with Gasteiger partial charge in [-0.05, 0) is 82.3 Å². The molecule has 1 unspecified atom stereocenters.